The summed E-state index contributed by atoms with van der Waals surface area (Å²) >= 11 is 0. The van der Waals surface area contributed by atoms with Crippen molar-refractivity contribution in [3.8, 4) is 33.4 Å². The molecule has 12 aromatic rings. The molecule has 0 aliphatic carbocycles. The Bertz CT molecular complexity index is 3440. The number of furan rings is 2. The fraction of sp³-hybridized carbons (Fsp3) is 0. The summed E-state index contributed by atoms with van der Waals surface area (Å²) in [5, 5.41) is 14.2. The van der Waals surface area contributed by atoms with E-state index in [4.69, 9.17) is 8.83 Å². The maximum absolute atomic E-state index is 6.88. The van der Waals surface area contributed by atoms with Crippen LogP contribution in [0.4, 0.5) is 0 Å². The molecule has 2 nitrogen and oxygen atoms in total. The van der Waals surface area contributed by atoms with Crippen molar-refractivity contribution >= 4 is 87.0 Å². The fourth-order valence-corrected chi connectivity index (χ4v) is 9.12. The van der Waals surface area contributed by atoms with Crippen molar-refractivity contribution in [2.75, 3.05) is 0 Å². The van der Waals surface area contributed by atoms with Crippen LogP contribution in [0.5, 0.6) is 0 Å². The summed E-state index contributed by atoms with van der Waals surface area (Å²) in [6.07, 6.45) is 0. The zero-order valence-electron chi connectivity index (χ0n) is 29.1. The molecule has 0 atom stereocenters. The van der Waals surface area contributed by atoms with Gasteiger partial charge in [0, 0.05) is 21.5 Å². The number of benzene rings is 10. The molecule has 0 amide bonds. The Labute approximate surface area is 310 Å². The lowest BCUT2D eigenvalue weighted by molar-refractivity contribution is 0.658. The van der Waals surface area contributed by atoms with Crippen LogP contribution >= 0.6 is 0 Å². The molecule has 2 heterocycles. The molecule has 0 saturated heterocycles. The second kappa shape index (κ2) is 11.2. The van der Waals surface area contributed by atoms with Crippen molar-refractivity contribution < 1.29 is 8.83 Å². The number of hydrogen-bond acceptors (Lipinski definition) is 2. The molecule has 0 fully saturated rings. The third-order valence-corrected chi connectivity index (χ3v) is 11.4. The summed E-state index contributed by atoms with van der Waals surface area (Å²) in [6.45, 7) is 0. The Morgan fingerprint density at radius 2 is 0.796 bits per heavy atom. The first kappa shape index (κ1) is 29.4. The van der Waals surface area contributed by atoms with Crippen molar-refractivity contribution in [2.24, 2.45) is 0 Å². The first-order valence-electron chi connectivity index (χ1n) is 18.5. The third-order valence-electron chi connectivity index (χ3n) is 11.4. The standard InChI is InChI=1S/C52H30O2/c1-3-18-35-31(13-1)15-12-25-38(35)49-41-23-7-5-21-39(41)47(40-22-6-8-24-42(40)49)33-16-11-17-34(29-33)48-51-43(37-20-9-10-26-45(37)53-51)30-44-50-36-19-4-2-14-32(36)27-28-46(50)54-52(44)48/h1-30H. The van der Waals surface area contributed by atoms with Gasteiger partial charge in [0.15, 0.2) is 0 Å². The molecule has 0 bridgehead atoms. The van der Waals surface area contributed by atoms with E-state index in [2.05, 4.69) is 176 Å². The maximum Gasteiger partial charge on any atom is 0.147 e. The second-order valence-corrected chi connectivity index (χ2v) is 14.3. The predicted molar refractivity (Wildman–Crippen MR) is 227 cm³/mol. The van der Waals surface area contributed by atoms with Gasteiger partial charge in [0.2, 0.25) is 0 Å². The first-order chi connectivity index (χ1) is 26.8. The van der Waals surface area contributed by atoms with E-state index in [9.17, 15) is 0 Å². The van der Waals surface area contributed by atoms with Crippen molar-refractivity contribution in [3.63, 3.8) is 0 Å². The molecule has 0 saturated carbocycles. The molecule has 0 aliphatic heterocycles. The Kier molecular flexibility index (Phi) is 6.09. The summed E-state index contributed by atoms with van der Waals surface area (Å²) in [5.41, 5.74) is 10.3. The van der Waals surface area contributed by atoms with Crippen molar-refractivity contribution in [1.82, 2.24) is 0 Å². The molecule has 0 aliphatic rings. The van der Waals surface area contributed by atoms with Gasteiger partial charge < -0.3 is 8.83 Å². The molecule has 54 heavy (non-hydrogen) atoms. The van der Waals surface area contributed by atoms with Crippen LogP contribution in [-0.4, -0.2) is 0 Å². The van der Waals surface area contributed by atoms with E-state index in [0.717, 1.165) is 60.6 Å². The predicted octanol–water partition coefficient (Wildman–Crippen LogP) is 15.1. The number of hydrogen-bond donors (Lipinski definition) is 0. The molecule has 2 heteroatoms. The van der Waals surface area contributed by atoms with Crippen molar-refractivity contribution in [3.05, 3.63) is 182 Å². The van der Waals surface area contributed by atoms with E-state index in [1.54, 1.807) is 0 Å². The Hall–Kier alpha value is -7.16. The highest BCUT2D eigenvalue weighted by atomic mass is 16.3. The normalized spacial score (nSPS) is 12.1. The number of rotatable bonds is 3. The van der Waals surface area contributed by atoms with Gasteiger partial charge >= 0.3 is 0 Å². The first-order valence-corrected chi connectivity index (χ1v) is 18.5. The molecule has 0 radical (unpaired) electrons. The molecule has 0 spiro atoms. The quantitative estimate of drug-likeness (QED) is 0.173. The lowest BCUT2D eigenvalue weighted by atomic mass is 9.84. The summed E-state index contributed by atoms with van der Waals surface area (Å²) < 4.78 is 13.6. The average molecular weight is 687 g/mol. The van der Waals surface area contributed by atoms with Gasteiger partial charge in [-0.3, -0.25) is 0 Å². The molecule has 250 valence electrons. The molecule has 12 rings (SSSR count). The molecule has 2 aromatic heterocycles. The molecule has 10 aromatic carbocycles. The minimum absolute atomic E-state index is 0.838. The van der Waals surface area contributed by atoms with E-state index < -0.39 is 0 Å². The van der Waals surface area contributed by atoms with Crippen LogP contribution in [0.3, 0.4) is 0 Å². The molecule has 0 unspecified atom stereocenters. The van der Waals surface area contributed by atoms with Crippen LogP contribution in [0, 0.1) is 0 Å². The van der Waals surface area contributed by atoms with Crippen LogP contribution in [0.2, 0.25) is 0 Å². The summed E-state index contributed by atoms with van der Waals surface area (Å²) in [7, 11) is 0. The lowest BCUT2D eigenvalue weighted by Gasteiger charge is -2.19. The largest absolute Gasteiger partial charge is 0.455 e. The van der Waals surface area contributed by atoms with Gasteiger partial charge in [0.1, 0.15) is 22.3 Å². The van der Waals surface area contributed by atoms with Gasteiger partial charge in [-0.2, -0.15) is 0 Å². The van der Waals surface area contributed by atoms with E-state index >= 15 is 0 Å². The van der Waals surface area contributed by atoms with Crippen LogP contribution < -0.4 is 0 Å². The van der Waals surface area contributed by atoms with Gasteiger partial charge in [-0.1, -0.05) is 158 Å². The SMILES string of the molecule is c1cc(-c2c3ccccc3c(-c3cccc4ccccc34)c3ccccc23)cc(-c2c3oc4ccccc4c3cc3c2oc2ccc4ccccc4c23)c1. The number of para-hydroxylation sites is 1. The minimum atomic E-state index is 0.838. The van der Waals surface area contributed by atoms with Gasteiger partial charge in [-0.05, 0) is 95.2 Å². The van der Waals surface area contributed by atoms with Crippen LogP contribution in [0.15, 0.2) is 191 Å². The number of fused-ring (bicyclic) bond motifs is 11. The van der Waals surface area contributed by atoms with Crippen molar-refractivity contribution in [2.45, 2.75) is 0 Å². The van der Waals surface area contributed by atoms with E-state index in [-0.39, 0.29) is 0 Å². The fourth-order valence-electron chi connectivity index (χ4n) is 9.12. The molecule has 0 N–H and O–H groups in total. The minimum Gasteiger partial charge on any atom is -0.455 e. The van der Waals surface area contributed by atoms with Crippen molar-refractivity contribution in [1.29, 1.82) is 0 Å². The van der Waals surface area contributed by atoms with Gasteiger partial charge in [-0.15, -0.1) is 0 Å². The van der Waals surface area contributed by atoms with Gasteiger partial charge in [0.05, 0.1) is 5.56 Å². The van der Waals surface area contributed by atoms with E-state index in [1.807, 2.05) is 6.07 Å². The highest BCUT2D eigenvalue weighted by molar-refractivity contribution is 6.27. The molecular formula is C52H30O2. The summed E-state index contributed by atoms with van der Waals surface area (Å²) in [6, 6.07) is 65.5. The smallest absolute Gasteiger partial charge is 0.147 e. The highest BCUT2D eigenvalue weighted by Crippen LogP contribution is 2.49. The Morgan fingerprint density at radius 3 is 1.54 bits per heavy atom. The average Bonchev–Trinajstić information content (AvgIpc) is 3.80. The third kappa shape index (κ3) is 4.11. The maximum atomic E-state index is 6.88. The monoisotopic (exact) mass is 686 g/mol. The summed E-state index contributed by atoms with van der Waals surface area (Å²) in [4.78, 5) is 0. The van der Waals surface area contributed by atoms with Crippen LogP contribution in [0.1, 0.15) is 0 Å². The van der Waals surface area contributed by atoms with Crippen LogP contribution in [0.25, 0.3) is 120 Å². The molecular weight excluding hydrogens is 657 g/mol. The lowest BCUT2D eigenvalue weighted by Crippen LogP contribution is -1.92. The zero-order valence-corrected chi connectivity index (χ0v) is 29.1. The highest BCUT2D eigenvalue weighted by Gasteiger charge is 2.23. The second-order valence-electron chi connectivity index (χ2n) is 14.3. The van der Waals surface area contributed by atoms with Gasteiger partial charge in [-0.25, -0.2) is 0 Å². The topological polar surface area (TPSA) is 26.3 Å². The van der Waals surface area contributed by atoms with Gasteiger partial charge in [0.25, 0.3) is 0 Å². The zero-order chi connectivity index (χ0) is 35.3. The van der Waals surface area contributed by atoms with E-state index in [0.29, 0.717) is 0 Å². The van der Waals surface area contributed by atoms with E-state index in [1.165, 1.54) is 59.8 Å². The Balaban J connectivity index is 1.18. The van der Waals surface area contributed by atoms with Crippen LogP contribution in [-0.2, 0) is 0 Å². The summed E-state index contributed by atoms with van der Waals surface area (Å²) in [5.74, 6) is 0. The Morgan fingerprint density at radius 1 is 0.278 bits per heavy atom.